The van der Waals surface area contributed by atoms with Crippen molar-refractivity contribution in [1.29, 1.82) is 0 Å². The van der Waals surface area contributed by atoms with Crippen LogP contribution in [0.15, 0.2) is 191 Å². The zero-order chi connectivity index (χ0) is 37.0. The number of furan rings is 2. The predicted molar refractivity (Wildman–Crippen MR) is 225 cm³/mol. The predicted octanol–water partition coefficient (Wildman–Crippen LogP) is 13.1. The molecule has 0 unspecified atom stereocenters. The van der Waals surface area contributed by atoms with Crippen molar-refractivity contribution in [1.82, 2.24) is 19.9 Å². The molecule has 0 amide bonds. The van der Waals surface area contributed by atoms with Gasteiger partial charge in [0.05, 0.1) is 0 Å². The van der Waals surface area contributed by atoms with Crippen LogP contribution in [-0.4, -0.2) is 19.9 Å². The summed E-state index contributed by atoms with van der Waals surface area (Å²) in [6.45, 7) is 0. The standard InChI is InChI=1S/C50H30N4O2/c1-2-12-32(13-3-1)48-52-49(54-50(53-48)43-17-5-4-14-36(43)31-24-26-51-27-25-31)35-29-33(37-18-10-20-41-39-15-6-8-22-44(39)55-46(37)41)28-34(30-35)38-19-11-21-42-40-16-7-9-23-45(40)56-47(38)42/h1-30H. The second kappa shape index (κ2) is 13.0. The van der Waals surface area contributed by atoms with E-state index in [4.69, 9.17) is 23.8 Å². The van der Waals surface area contributed by atoms with Crippen LogP contribution in [0.3, 0.4) is 0 Å². The van der Waals surface area contributed by atoms with Gasteiger partial charge in [-0.1, -0.05) is 127 Å². The second-order valence-corrected chi connectivity index (χ2v) is 13.8. The van der Waals surface area contributed by atoms with Gasteiger partial charge in [-0.15, -0.1) is 0 Å². The lowest BCUT2D eigenvalue weighted by atomic mass is 9.94. The maximum absolute atomic E-state index is 6.58. The fraction of sp³-hybridized carbons (Fsp3) is 0. The van der Waals surface area contributed by atoms with Crippen LogP contribution >= 0.6 is 0 Å². The molecule has 0 aliphatic rings. The van der Waals surface area contributed by atoms with Crippen LogP contribution in [0.5, 0.6) is 0 Å². The van der Waals surface area contributed by atoms with Crippen molar-refractivity contribution in [3.8, 4) is 67.5 Å². The van der Waals surface area contributed by atoms with Crippen molar-refractivity contribution in [2.45, 2.75) is 0 Å². The first kappa shape index (κ1) is 31.8. The third-order valence-corrected chi connectivity index (χ3v) is 10.4. The van der Waals surface area contributed by atoms with Crippen molar-refractivity contribution in [2.75, 3.05) is 0 Å². The summed E-state index contributed by atoms with van der Waals surface area (Å²) >= 11 is 0. The maximum Gasteiger partial charge on any atom is 0.164 e. The van der Waals surface area contributed by atoms with E-state index in [0.29, 0.717) is 17.5 Å². The van der Waals surface area contributed by atoms with E-state index in [0.717, 1.165) is 93.9 Å². The number of hydrogen-bond acceptors (Lipinski definition) is 6. The fourth-order valence-electron chi connectivity index (χ4n) is 7.82. The molecule has 0 aliphatic carbocycles. The Morgan fingerprint density at radius 2 is 0.768 bits per heavy atom. The fourth-order valence-corrected chi connectivity index (χ4v) is 7.82. The lowest BCUT2D eigenvalue weighted by molar-refractivity contribution is 0.670. The molecule has 56 heavy (non-hydrogen) atoms. The first-order valence-electron chi connectivity index (χ1n) is 18.5. The van der Waals surface area contributed by atoms with Gasteiger partial charge in [-0.25, -0.2) is 15.0 Å². The summed E-state index contributed by atoms with van der Waals surface area (Å²) in [7, 11) is 0. The number of hydrogen-bond donors (Lipinski definition) is 0. The molecular formula is C50H30N4O2. The van der Waals surface area contributed by atoms with Crippen molar-refractivity contribution >= 4 is 43.9 Å². The van der Waals surface area contributed by atoms with E-state index in [-0.39, 0.29) is 0 Å². The molecule has 262 valence electrons. The maximum atomic E-state index is 6.58. The summed E-state index contributed by atoms with van der Waals surface area (Å²) in [4.78, 5) is 19.8. The van der Waals surface area contributed by atoms with Gasteiger partial charge in [0.25, 0.3) is 0 Å². The summed E-state index contributed by atoms with van der Waals surface area (Å²) < 4.78 is 13.2. The van der Waals surface area contributed by atoms with Gasteiger partial charge in [0.2, 0.25) is 0 Å². The smallest absolute Gasteiger partial charge is 0.164 e. The number of fused-ring (bicyclic) bond motifs is 6. The third kappa shape index (κ3) is 5.35. The Balaban J connectivity index is 1.19. The first-order chi connectivity index (χ1) is 27.7. The van der Waals surface area contributed by atoms with Gasteiger partial charge >= 0.3 is 0 Å². The van der Waals surface area contributed by atoms with E-state index in [9.17, 15) is 0 Å². The SMILES string of the molecule is c1ccc(-c2nc(-c3cc(-c4cccc5c4oc4ccccc45)cc(-c4cccc5c4oc4ccccc45)c3)nc(-c3ccccc3-c3ccncc3)n2)cc1. The average Bonchev–Trinajstić information content (AvgIpc) is 3.85. The molecular weight excluding hydrogens is 689 g/mol. The number of benzene rings is 7. The normalized spacial score (nSPS) is 11.6. The molecule has 11 rings (SSSR count). The summed E-state index contributed by atoms with van der Waals surface area (Å²) in [5, 5.41) is 4.28. The Morgan fingerprint density at radius 1 is 0.304 bits per heavy atom. The van der Waals surface area contributed by atoms with Crippen molar-refractivity contribution in [3.05, 3.63) is 182 Å². The Morgan fingerprint density at radius 3 is 1.39 bits per heavy atom. The molecule has 0 atom stereocenters. The highest BCUT2D eigenvalue weighted by Gasteiger charge is 2.20. The average molecular weight is 719 g/mol. The second-order valence-electron chi connectivity index (χ2n) is 13.8. The van der Waals surface area contributed by atoms with Crippen LogP contribution < -0.4 is 0 Å². The molecule has 11 aromatic rings. The third-order valence-electron chi connectivity index (χ3n) is 10.4. The molecule has 4 heterocycles. The van der Waals surface area contributed by atoms with E-state index < -0.39 is 0 Å². The molecule has 0 radical (unpaired) electrons. The number of nitrogens with zero attached hydrogens (tertiary/aromatic N) is 4. The highest BCUT2D eigenvalue weighted by Crippen LogP contribution is 2.42. The summed E-state index contributed by atoms with van der Waals surface area (Å²) in [5.74, 6) is 1.71. The molecule has 6 nitrogen and oxygen atoms in total. The van der Waals surface area contributed by atoms with Crippen molar-refractivity contribution in [3.63, 3.8) is 0 Å². The minimum Gasteiger partial charge on any atom is -0.455 e. The number of rotatable bonds is 6. The Labute approximate surface area is 321 Å². The largest absolute Gasteiger partial charge is 0.455 e. The number of pyridine rings is 1. The van der Waals surface area contributed by atoms with Gasteiger partial charge in [-0.05, 0) is 64.7 Å². The summed E-state index contributed by atoms with van der Waals surface area (Å²) in [5.41, 5.74) is 11.9. The molecule has 0 spiro atoms. The molecule has 0 saturated carbocycles. The molecule has 6 heteroatoms. The van der Waals surface area contributed by atoms with Crippen LogP contribution in [0.1, 0.15) is 0 Å². The van der Waals surface area contributed by atoms with Gasteiger partial charge in [-0.3, -0.25) is 4.98 Å². The Hall–Kier alpha value is -7.70. The zero-order valence-electron chi connectivity index (χ0n) is 29.9. The lowest BCUT2D eigenvalue weighted by Gasteiger charge is -2.14. The minimum atomic E-state index is 0.551. The Kier molecular flexibility index (Phi) is 7.38. The first-order valence-corrected chi connectivity index (χ1v) is 18.5. The summed E-state index contributed by atoms with van der Waals surface area (Å²) in [6.07, 6.45) is 3.61. The molecule has 4 aromatic heterocycles. The molecule has 0 fully saturated rings. The number of aromatic nitrogens is 4. The zero-order valence-corrected chi connectivity index (χ0v) is 29.9. The molecule has 0 bridgehead atoms. The topological polar surface area (TPSA) is 77.8 Å². The van der Waals surface area contributed by atoms with Crippen LogP contribution in [-0.2, 0) is 0 Å². The molecule has 0 aliphatic heterocycles. The summed E-state index contributed by atoms with van der Waals surface area (Å²) in [6, 6.07) is 57.9. The van der Waals surface area contributed by atoms with Crippen LogP contribution in [0.4, 0.5) is 0 Å². The van der Waals surface area contributed by atoms with E-state index in [1.807, 2.05) is 91.0 Å². The van der Waals surface area contributed by atoms with Crippen LogP contribution in [0, 0.1) is 0 Å². The van der Waals surface area contributed by atoms with Gasteiger partial charge in [-0.2, -0.15) is 0 Å². The van der Waals surface area contributed by atoms with Crippen LogP contribution in [0.2, 0.25) is 0 Å². The van der Waals surface area contributed by atoms with Gasteiger partial charge in [0.1, 0.15) is 22.3 Å². The molecule has 0 saturated heterocycles. The lowest BCUT2D eigenvalue weighted by Crippen LogP contribution is -2.01. The van der Waals surface area contributed by atoms with Gasteiger partial charge in [0, 0.05) is 61.8 Å². The van der Waals surface area contributed by atoms with Crippen molar-refractivity contribution < 1.29 is 8.83 Å². The van der Waals surface area contributed by atoms with Crippen LogP contribution in [0.25, 0.3) is 111 Å². The minimum absolute atomic E-state index is 0.551. The van der Waals surface area contributed by atoms with Crippen molar-refractivity contribution in [2.24, 2.45) is 0 Å². The van der Waals surface area contributed by atoms with Gasteiger partial charge < -0.3 is 8.83 Å². The molecule has 7 aromatic carbocycles. The monoisotopic (exact) mass is 718 g/mol. The van der Waals surface area contributed by atoms with E-state index in [1.165, 1.54) is 0 Å². The van der Waals surface area contributed by atoms with E-state index >= 15 is 0 Å². The van der Waals surface area contributed by atoms with Gasteiger partial charge in [0.15, 0.2) is 17.5 Å². The number of para-hydroxylation sites is 4. The van der Waals surface area contributed by atoms with E-state index in [1.54, 1.807) is 12.4 Å². The highest BCUT2D eigenvalue weighted by atomic mass is 16.3. The molecule has 0 N–H and O–H groups in total. The van der Waals surface area contributed by atoms with E-state index in [2.05, 4.69) is 83.8 Å². The Bertz CT molecular complexity index is 3130. The quantitative estimate of drug-likeness (QED) is 0.170. The highest BCUT2D eigenvalue weighted by molar-refractivity contribution is 6.11.